The van der Waals surface area contributed by atoms with E-state index in [-0.39, 0.29) is 5.41 Å². The SMILES string of the molecule is CC1=C(C2=CC(=O)[C@H]3CCC[C@@]3(C)C2)CCC1. The van der Waals surface area contributed by atoms with Crippen LogP contribution in [0.3, 0.4) is 0 Å². The number of hydrogen-bond donors (Lipinski definition) is 0. The lowest BCUT2D eigenvalue weighted by Gasteiger charge is -2.35. The van der Waals surface area contributed by atoms with Crippen molar-refractivity contribution in [3.05, 3.63) is 22.8 Å². The number of fused-ring (bicyclic) bond motifs is 1. The summed E-state index contributed by atoms with van der Waals surface area (Å²) in [6, 6.07) is 0. The van der Waals surface area contributed by atoms with Crippen molar-refractivity contribution in [3.8, 4) is 0 Å². The minimum Gasteiger partial charge on any atom is -0.295 e. The smallest absolute Gasteiger partial charge is 0.159 e. The molecular formula is C16H22O. The third kappa shape index (κ3) is 1.71. The Kier molecular flexibility index (Phi) is 2.53. The molecule has 1 saturated carbocycles. The summed E-state index contributed by atoms with van der Waals surface area (Å²) in [4.78, 5) is 12.3. The molecule has 2 atom stereocenters. The molecule has 3 aliphatic rings. The molecule has 1 heteroatoms. The van der Waals surface area contributed by atoms with Gasteiger partial charge in [-0.1, -0.05) is 18.9 Å². The molecule has 0 radical (unpaired) electrons. The fourth-order valence-electron chi connectivity index (χ4n) is 4.21. The number of rotatable bonds is 1. The molecule has 0 spiro atoms. The molecule has 0 aromatic rings. The number of ketones is 1. The molecule has 0 bridgehead atoms. The lowest BCUT2D eigenvalue weighted by molar-refractivity contribution is -0.121. The first kappa shape index (κ1) is 11.3. The molecule has 92 valence electrons. The molecule has 1 fully saturated rings. The van der Waals surface area contributed by atoms with Gasteiger partial charge in [0.05, 0.1) is 0 Å². The van der Waals surface area contributed by atoms with Crippen LogP contribution < -0.4 is 0 Å². The van der Waals surface area contributed by atoms with E-state index in [2.05, 4.69) is 13.8 Å². The fourth-order valence-corrected chi connectivity index (χ4v) is 4.21. The van der Waals surface area contributed by atoms with Gasteiger partial charge in [0, 0.05) is 5.92 Å². The minimum atomic E-state index is 0.275. The monoisotopic (exact) mass is 230 g/mol. The van der Waals surface area contributed by atoms with Gasteiger partial charge < -0.3 is 0 Å². The van der Waals surface area contributed by atoms with Crippen LogP contribution in [0, 0.1) is 11.3 Å². The molecule has 0 aliphatic heterocycles. The predicted molar refractivity (Wildman–Crippen MR) is 69.7 cm³/mol. The molecule has 3 rings (SSSR count). The van der Waals surface area contributed by atoms with Crippen molar-refractivity contribution in [2.75, 3.05) is 0 Å². The summed E-state index contributed by atoms with van der Waals surface area (Å²) in [5.74, 6) is 0.743. The molecule has 17 heavy (non-hydrogen) atoms. The Morgan fingerprint density at radius 1 is 1.29 bits per heavy atom. The molecule has 0 aromatic carbocycles. The van der Waals surface area contributed by atoms with Crippen LogP contribution in [0.4, 0.5) is 0 Å². The highest BCUT2D eigenvalue weighted by molar-refractivity contribution is 5.95. The molecule has 0 amide bonds. The average Bonchev–Trinajstić information content (AvgIpc) is 2.83. The van der Waals surface area contributed by atoms with Crippen LogP contribution in [0.5, 0.6) is 0 Å². The number of carbonyl (C=O) groups excluding carboxylic acids is 1. The summed E-state index contributed by atoms with van der Waals surface area (Å²) < 4.78 is 0. The van der Waals surface area contributed by atoms with Gasteiger partial charge in [-0.2, -0.15) is 0 Å². The summed E-state index contributed by atoms with van der Waals surface area (Å²) in [5.41, 5.74) is 4.71. The zero-order chi connectivity index (χ0) is 12.0. The number of allylic oxidation sites excluding steroid dienone is 4. The second kappa shape index (κ2) is 3.83. The van der Waals surface area contributed by atoms with E-state index < -0.39 is 0 Å². The van der Waals surface area contributed by atoms with E-state index in [9.17, 15) is 4.79 Å². The van der Waals surface area contributed by atoms with Crippen LogP contribution in [-0.2, 0) is 4.79 Å². The third-order valence-electron chi connectivity index (χ3n) is 5.22. The Hall–Kier alpha value is -0.850. The molecule has 0 N–H and O–H groups in total. The van der Waals surface area contributed by atoms with E-state index in [1.165, 1.54) is 48.8 Å². The molecule has 3 aliphatic carbocycles. The lowest BCUT2D eigenvalue weighted by atomic mass is 9.68. The summed E-state index contributed by atoms with van der Waals surface area (Å²) in [6.07, 6.45) is 10.5. The van der Waals surface area contributed by atoms with Gasteiger partial charge >= 0.3 is 0 Å². The standard InChI is InChI=1S/C16H22O/c1-11-5-3-6-13(11)12-9-15(17)14-7-4-8-16(14,2)10-12/h9,14H,3-8,10H2,1-2H3/t14-,16+/m1/s1. The Morgan fingerprint density at radius 2 is 2.12 bits per heavy atom. The Balaban J connectivity index is 1.96. The highest BCUT2D eigenvalue weighted by atomic mass is 16.1. The zero-order valence-electron chi connectivity index (χ0n) is 11.0. The van der Waals surface area contributed by atoms with Crippen LogP contribution in [-0.4, -0.2) is 5.78 Å². The third-order valence-corrected chi connectivity index (χ3v) is 5.22. The largest absolute Gasteiger partial charge is 0.295 e. The number of carbonyl (C=O) groups is 1. The van der Waals surface area contributed by atoms with Crippen molar-refractivity contribution >= 4 is 5.78 Å². The molecule has 0 saturated heterocycles. The van der Waals surface area contributed by atoms with Crippen molar-refractivity contribution in [3.63, 3.8) is 0 Å². The molecule has 0 aromatic heterocycles. The first-order chi connectivity index (χ1) is 8.10. The maximum atomic E-state index is 12.3. The van der Waals surface area contributed by atoms with Crippen molar-refractivity contribution < 1.29 is 4.79 Å². The lowest BCUT2D eigenvalue weighted by Crippen LogP contribution is -2.32. The van der Waals surface area contributed by atoms with Gasteiger partial charge in [-0.15, -0.1) is 0 Å². The maximum absolute atomic E-state index is 12.3. The topological polar surface area (TPSA) is 17.1 Å². The van der Waals surface area contributed by atoms with E-state index in [4.69, 9.17) is 0 Å². The molecule has 1 nitrogen and oxygen atoms in total. The van der Waals surface area contributed by atoms with E-state index >= 15 is 0 Å². The fraction of sp³-hybridized carbons (Fsp3) is 0.688. The normalized spacial score (nSPS) is 37.4. The maximum Gasteiger partial charge on any atom is 0.159 e. The van der Waals surface area contributed by atoms with E-state index in [1.54, 1.807) is 0 Å². The quantitative estimate of drug-likeness (QED) is 0.660. The van der Waals surface area contributed by atoms with Gasteiger partial charge in [-0.05, 0) is 68.1 Å². The minimum absolute atomic E-state index is 0.275. The Bertz CT molecular complexity index is 427. The summed E-state index contributed by atoms with van der Waals surface area (Å²) in [7, 11) is 0. The first-order valence-corrected chi connectivity index (χ1v) is 7.03. The average molecular weight is 230 g/mol. The van der Waals surface area contributed by atoms with Crippen LogP contribution >= 0.6 is 0 Å². The van der Waals surface area contributed by atoms with Gasteiger partial charge in [0.25, 0.3) is 0 Å². The molecule has 0 unspecified atom stereocenters. The van der Waals surface area contributed by atoms with Crippen molar-refractivity contribution in [1.29, 1.82) is 0 Å². The highest BCUT2D eigenvalue weighted by Crippen LogP contribution is 2.52. The highest BCUT2D eigenvalue weighted by Gasteiger charge is 2.45. The second-order valence-corrected chi connectivity index (χ2v) is 6.46. The van der Waals surface area contributed by atoms with Crippen molar-refractivity contribution in [2.45, 2.75) is 58.8 Å². The van der Waals surface area contributed by atoms with Crippen LogP contribution in [0.2, 0.25) is 0 Å². The van der Waals surface area contributed by atoms with Gasteiger partial charge in [0.2, 0.25) is 0 Å². The predicted octanol–water partition coefficient (Wildman–Crippen LogP) is 4.19. The van der Waals surface area contributed by atoms with Gasteiger partial charge in [0.15, 0.2) is 5.78 Å². The van der Waals surface area contributed by atoms with Gasteiger partial charge in [-0.25, -0.2) is 0 Å². The summed E-state index contributed by atoms with van der Waals surface area (Å²) in [6.45, 7) is 4.58. The van der Waals surface area contributed by atoms with Crippen LogP contribution in [0.15, 0.2) is 22.8 Å². The van der Waals surface area contributed by atoms with Gasteiger partial charge in [-0.3, -0.25) is 4.79 Å². The molecular weight excluding hydrogens is 208 g/mol. The van der Waals surface area contributed by atoms with Crippen LogP contribution in [0.1, 0.15) is 58.8 Å². The number of hydrogen-bond acceptors (Lipinski definition) is 1. The summed E-state index contributed by atoms with van der Waals surface area (Å²) >= 11 is 0. The van der Waals surface area contributed by atoms with Crippen molar-refractivity contribution in [2.24, 2.45) is 11.3 Å². The summed E-state index contributed by atoms with van der Waals surface area (Å²) in [5, 5.41) is 0. The van der Waals surface area contributed by atoms with E-state index in [0.29, 0.717) is 11.7 Å². The van der Waals surface area contributed by atoms with E-state index in [0.717, 1.165) is 12.8 Å². The Labute approximate surface area is 104 Å². The van der Waals surface area contributed by atoms with Gasteiger partial charge in [0.1, 0.15) is 0 Å². The Morgan fingerprint density at radius 3 is 2.82 bits per heavy atom. The van der Waals surface area contributed by atoms with Crippen LogP contribution in [0.25, 0.3) is 0 Å². The first-order valence-electron chi connectivity index (χ1n) is 7.03. The second-order valence-electron chi connectivity index (χ2n) is 6.46. The zero-order valence-corrected chi connectivity index (χ0v) is 11.0. The van der Waals surface area contributed by atoms with E-state index in [1.807, 2.05) is 6.08 Å². The molecule has 0 heterocycles. The van der Waals surface area contributed by atoms with Crippen molar-refractivity contribution in [1.82, 2.24) is 0 Å².